The molecule has 2 atom stereocenters. The fourth-order valence-corrected chi connectivity index (χ4v) is 3.59. The lowest BCUT2D eigenvalue weighted by Crippen LogP contribution is -2.33. The number of hydrogen-bond acceptors (Lipinski definition) is 2. The molecule has 0 amide bonds. The van der Waals surface area contributed by atoms with Gasteiger partial charge in [-0.2, -0.15) is 0 Å². The second-order valence-corrected chi connectivity index (χ2v) is 6.75. The SMILES string of the molecule is CNCC1CCN(C(C)C)C1c1ccc(C)c(Br)c1. The summed E-state index contributed by atoms with van der Waals surface area (Å²) in [7, 11) is 2.06. The van der Waals surface area contributed by atoms with E-state index in [2.05, 4.69) is 72.2 Å². The molecule has 2 nitrogen and oxygen atoms in total. The van der Waals surface area contributed by atoms with Crippen LogP contribution in [0.25, 0.3) is 0 Å². The van der Waals surface area contributed by atoms with Crippen LogP contribution in [0.3, 0.4) is 0 Å². The highest BCUT2D eigenvalue weighted by Crippen LogP contribution is 2.39. The summed E-state index contributed by atoms with van der Waals surface area (Å²) in [6.45, 7) is 9.06. The van der Waals surface area contributed by atoms with Crippen LogP contribution in [0, 0.1) is 12.8 Å². The Balaban J connectivity index is 2.31. The Morgan fingerprint density at radius 2 is 2.16 bits per heavy atom. The first-order valence-corrected chi connectivity index (χ1v) is 8.00. The standard InChI is InChI=1S/C16H25BrN2/c1-11(2)19-8-7-14(10-18-4)16(19)13-6-5-12(3)15(17)9-13/h5-6,9,11,14,16,18H,7-8,10H2,1-4H3. The third kappa shape index (κ3) is 3.21. The topological polar surface area (TPSA) is 15.3 Å². The fourth-order valence-electron chi connectivity index (χ4n) is 3.19. The number of nitrogens with zero attached hydrogens (tertiary/aromatic N) is 1. The minimum absolute atomic E-state index is 0.546. The van der Waals surface area contributed by atoms with Crippen molar-refractivity contribution in [2.75, 3.05) is 20.1 Å². The molecule has 0 spiro atoms. The molecule has 1 aliphatic heterocycles. The Morgan fingerprint density at radius 3 is 2.74 bits per heavy atom. The van der Waals surface area contributed by atoms with Crippen molar-refractivity contribution in [3.05, 3.63) is 33.8 Å². The first kappa shape index (κ1) is 15.0. The van der Waals surface area contributed by atoms with Gasteiger partial charge in [0.15, 0.2) is 0 Å². The zero-order valence-electron chi connectivity index (χ0n) is 12.4. The van der Waals surface area contributed by atoms with Crippen LogP contribution < -0.4 is 5.32 Å². The van der Waals surface area contributed by atoms with Crippen molar-refractivity contribution in [1.29, 1.82) is 0 Å². The first-order valence-electron chi connectivity index (χ1n) is 7.21. The van der Waals surface area contributed by atoms with Gasteiger partial charge >= 0.3 is 0 Å². The Labute approximate surface area is 125 Å². The summed E-state index contributed by atoms with van der Waals surface area (Å²) in [5.74, 6) is 0.710. The van der Waals surface area contributed by atoms with Crippen molar-refractivity contribution in [3.8, 4) is 0 Å². The molecule has 0 aliphatic carbocycles. The van der Waals surface area contributed by atoms with Gasteiger partial charge < -0.3 is 5.32 Å². The molecule has 1 aromatic carbocycles. The van der Waals surface area contributed by atoms with Gasteiger partial charge in [0.05, 0.1) is 0 Å². The van der Waals surface area contributed by atoms with Gasteiger partial charge in [-0.3, -0.25) is 4.90 Å². The second kappa shape index (κ2) is 6.38. The average molecular weight is 325 g/mol. The lowest BCUT2D eigenvalue weighted by atomic mass is 9.92. The highest BCUT2D eigenvalue weighted by atomic mass is 79.9. The highest BCUT2D eigenvalue weighted by Gasteiger charge is 2.36. The number of hydrogen-bond donors (Lipinski definition) is 1. The van der Waals surface area contributed by atoms with Crippen molar-refractivity contribution in [2.45, 2.75) is 39.3 Å². The van der Waals surface area contributed by atoms with Crippen LogP contribution in [0.5, 0.6) is 0 Å². The van der Waals surface area contributed by atoms with Gasteiger partial charge in [0.25, 0.3) is 0 Å². The summed E-state index contributed by atoms with van der Waals surface area (Å²) in [4.78, 5) is 2.64. The third-order valence-electron chi connectivity index (χ3n) is 4.23. The van der Waals surface area contributed by atoms with E-state index in [4.69, 9.17) is 0 Å². The summed E-state index contributed by atoms with van der Waals surface area (Å²) < 4.78 is 1.23. The predicted octanol–water partition coefficient (Wildman–Crippen LogP) is 3.75. The van der Waals surface area contributed by atoms with Crippen molar-refractivity contribution in [1.82, 2.24) is 10.2 Å². The molecule has 1 saturated heterocycles. The van der Waals surface area contributed by atoms with Crippen molar-refractivity contribution < 1.29 is 0 Å². The number of benzene rings is 1. The molecular formula is C16H25BrN2. The van der Waals surface area contributed by atoms with Crippen molar-refractivity contribution >= 4 is 15.9 Å². The van der Waals surface area contributed by atoms with Gasteiger partial charge in [-0.05, 0) is 70.4 Å². The van der Waals surface area contributed by atoms with Crippen LogP contribution in [0.1, 0.15) is 37.4 Å². The number of rotatable bonds is 4. The van der Waals surface area contributed by atoms with E-state index in [1.165, 1.54) is 28.6 Å². The zero-order valence-corrected chi connectivity index (χ0v) is 14.0. The Bertz CT molecular complexity index is 431. The summed E-state index contributed by atoms with van der Waals surface area (Å²) in [5, 5.41) is 3.36. The van der Waals surface area contributed by atoms with E-state index in [0.717, 1.165) is 6.54 Å². The van der Waals surface area contributed by atoms with E-state index in [9.17, 15) is 0 Å². The van der Waals surface area contributed by atoms with E-state index < -0.39 is 0 Å². The predicted molar refractivity (Wildman–Crippen MR) is 85.5 cm³/mol. The van der Waals surface area contributed by atoms with E-state index >= 15 is 0 Å². The van der Waals surface area contributed by atoms with Crippen molar-refractivity contribution in [3.63, 3.8) is 0 Å². The molecule has 0 radical (unpaired) electrons. The number of aryl methyl sites for hydroxylation is 1. The van der Waals surface area contributed by atoms with Gasteiger partial charge in [0.2, 0.25) is 0 Å². The Morgan fingerprint density at radius 1 is 1.42 bits per heavy atom. The summed E-state index contributed by atoms with van der Waals surface area (Å²) >= 11 is 3.67. The fraction of sp³-hybridized carbons (Fsp3) is 0.625. The molecule has 0 bridgehead atoms. The molecule has 3 heteroatoms. The molecular weight excluding hydrogens is 300 g/mol. The average Bonchev–Trinajstić information content (AvgIpc) is 2.77. The summed E-state index contributed by atoms with van der Waals surface area (Å²) in [6, 6.07) is 7.99. The van der Waals surface area contributed by atoms with Gasteiger partial charge in [0.1, 0.15) is 0 Å². The molecule has 2 rings (SSSR count). The van der Waals surface area contributed by atoms with Crippen molar-refractivity contribution in [2.24, 2.45) is 5.92 Å². The maximum Gasteiger partial charge on any atom is 0.0391 e. The monoisotopic (exact) mass is 324 g/mol. The normalized spacial score (nSPS) is 24.3. The second-order valence-electron chi connectivity index (χ2n) is 5.89. The molecule has 19 heavy (non-hydrogen) atoms. The first-order chi connectivity index (χ1) is 9.04. The molecule has 1 aliphatic rings. The summed E-state index contributed by atoms with van der Waals surface area (Å²) in [6.07, 6.45) is 1.29. The number of halogens is 1. The van der Waals surface area contributed by atoms with Gasteiger partial charge in [0, 0.05) is 16.6 Å². The van der Waals surface area contributed by atoms with E-state index in [0.29, 0.717) is 18.0 Å². The molecule has 1 fully saturated rings. The molecule has 0 aromatic heterocycles. The van der Waals surface area contributed by atoms with Crippen LogP contribution >= 0.6 is 15.9 Å². The third-order valence-corrected chi connectivity index (χ3v) is 5.08. The maximum atomic E-state index is 3.67. The molecule has 106 valence electrons. The molecule has 1 heterocycles. The zero-order chi connectivity index (χ0) is 14.0. The Kier molecular flexibility index (Phi) is 5.04. The van der Waals surface area contributed by atoms with Gasteiger partial charge in [-0.1, -0.05) is 28.1 Å². The lowest BCUT2D eigenvalue weighted by molar-refractivity contribution is 0.182. The smallest absolute Gasteiger partial charge is 0.0391 e. The number of nitrogens with one attached hydrogen (secondary N) is 1. The lowest BCUT2D eigenvalue weighted by Gasteiger charge is -2.32. The molecule has 0 saturated carbocycles. The van der Waals surface area contributed by atoms with Crippen LogP contribution in [0.2, 0.25) is 0 Å². The number of likely N-dealkylation sites (tertiary alicyclic amines) is 1. The minimum Gasteiger partial charge on any atom is -0.319 e. The van der Waals surface area contributed by atoms with E-state index in [-0.39, 0.29) is 0 Å². The highest BCUT2D eigenvalue weighted by molar-refractivity contribution is 9.10. The molecule has 2 unspecified atom stereocenters. The maximum absolute atomic E-state index is 3.67. The van der Waals surface area contributed by atoms with Crippen LogP contribution in [-0.4, -0.2) is 31.1 Å². The van der Waals surface area contributed by atoms with E-state index in [1.54, 1.807) is 0 Å². The molecule has 1 aromatic rings. The van der Waals surface area contributed by atoms with Crippen LogP contribution in [-0.2, 0) is 0 Å². The van der Waals surface area contributed by atoms with E-state index in [1.807, 2.05) is 0 Å². The molecule has 1 N–H and O–H groups in total. The van der Waals surface area contributed by atoms with Gasteiger partial charge in [-0.15, -0.1) is 0 Å². The summed E-state index contributed by atoms with van der Waals surface area (Å²) in [5.41, 5.74) is 2.76. The Hall–Kier alpha value is -0.380. The largest absolute Gasteiger partial charge is 0.319 e. The van der Waals surface area contributed by atoms with Gasteiger partial charge in [-0.25, -0.2) is 0 Å². The van der Waals surface area contributed by atoms with Crippen LogP contribution in [0.15, 0.2) is 22.7 Å². The van der Waals surface area contributed by atoms with Crippen LogP contribution in [0.4, 0.5) is 0 Å². The quantitative estimate of drug-likeness (QED) is 0.907. The minimum atomic E-state index is 0.546.